The minimum absolute atomic E-state index is 0.452. The number of nitrogens with zero attached hydrogens (tertiary/aromatic N) is 1. The van der Waals surface area contributed by atoms with Crippen LogP contribution in [0.3, 0.4) is 0 Å². The lowest BCUT2D eigenvalue weighted by Crippen LogP contribution is -2.14. The van der Waals surface area contributed by atoms with Gasteiger partial charge in [0.25, 0.3) is 0 Å². The third-order valence-corrected chi connectivity index (χ3v) is 3.74. The predicted octanol–water partition coefficient (Wildman–Crippen LogP) is 5.08. The monoisotopic (exact) mass is 275 g/mol. The van der Waals surface area contributed by atoms with Gasteiger partial charge in [0.1, 0.15) is 0 Å². The standard InChI is InChI=1S/C18H29NO/c1-11(2)14-9-15(12(3)4)17(18(19-7)20-8)16(10-14)13(5)6/h9-13H,1-8H3. The van der Waals surface area contributed by atoms with Gasteiger partial charge in [0.05, 0.1) is 7.11 Å². The van der Waals surface area contributed by atoms with E-state index < -0.39 is 0 Å². The van der Waals surface area contributed by atoms with Gasteiger partial charge in [-0.15, -0.1) is 0 Å². The summed E-state index contributed by atoms with van der Waals surface area (Å²) in [4.78, 5) is 4.33. The topological polar surface area (TPSA) is 21.6 Å². The van der Waals surface area contributed by atoms with Crippen LogP contribution in [0.25, 0.3) is 0 Å². The van der Waals surface area contributed by atoms with Crippen molar-refractivity contribution in [3.63, 3.8) is 0 Å². The van der Waals surface area contributed by atoms with E-state index in [4.69, 9.17) is 4.74 Å². The molecule has 0 bridgehead atoms. The Hall–Kier alpha value is -1.31. The molecule has 0 atom stereocenters. The van der Waals surface area contributed by atoms with Crippen LogP contribution in [0, 0.1) is 0 Å². The SMILES string of the molecule is CN=C(OC)c1c(C(C)C)cc(C(C)C)cc1C(C)C. The highest BCUT2D eigenvalue weighted by molar-refractivity contribution is 5.97. The van der Waals surface area contributed by atoms with E-state index in [9.17, 15) is 0 Å². The van der Waals surface area contributed by atoms with E-state index in [-0.39, 0.29) is 0 Å². The average molecular weight is 275 g/mol. The predicted molar refractivity (Wildman–Crippen MR) is 88.2 cm³/mol. The van der Waals surface area contributed by atoms with Gasteiger partial charge in [0.15, 0.2) is 0 Å². The summed E-state index contributed by atoms with van der Waals surface area (Å²) in [6, 6.07) is 4.64. The quantitative estimate of drug-likeness (QED) is 0.554. The second-order valence-corrected chi connectivity index (χ2v) is 6.27. The Morgan fingerprint density at radius 1 is 0.900 bits per heavy atom. The fraction of sp³-hybridized carbons (Fsp3) is 0.611. The number of methoxy groups -OCH3 is 1. The van der Waals surface area contributed by atoms with Crippen molar-refractivity contribution in [1.82, 2.24) is 0 Å². The lowest BCUT2D eigenvalue weighted by molar-refractivity contribution is 0.402. The maximum atomic E-state index is 5.52. The molecule has 2 heteroatoms. The average Bonchev–Trinajstić information content (AvgIpc) is 2.39. The summed E-state index contributed by atoms with van der Waals surface area (Å²) in [5.74, 6) is 2.18. The van der Waals surface area contributed by atoms with Crippen LogP contribution in [0.2, 0.25) is 0 Å². The highest BCUT2D eigenvalue weighted by atomic mass is 16.5. The molecule has 112 valence electrons. The van der Waals surface area contributed by atoms with Crippen LogP contribution in [0.15, 0.2) is 17.1 Å². The first-order valence-electron chi connectivity index (χ1n) is 7.52. The molecule has 1 aromatic carbocycles. The number of rotatable bonds is 4. The van der Waals surface area contributed by atoms with Crippen LogP contribution in [0.1, 0.15) is 81.5 Å². The zero-order chi connectivity index (χ0) is 15.4. The largest absolute Gasteiger partial charge is 0.481 e. The third kappa shape index (κ3) is 3.41. The van der Waals surface area contributed by atoms with Crippen LogP contribution in [0.5, 0.6) is 0 Å². The van der Waals surface area contributed by atoms with Crippen molar-refractivity contribution in [2.75, 3.05) is 14.2 Å². The number of benzene rings is 1. The van der Waals surface area contributed by atoms with E-state index in [2.05, 4.69) is 58.7 Å². The Kier molecular flexibility index (Phi) is 5.79. The molecule has 0 fully saturated rings. The Morgan fingerprint density at radius 3 is 1.60 bits per heavy atom. The van der Waals surface area contributed by atoms with Gasteiger partial charge >= 0.3 is 0 Å². The maximum absolute atomic E-state index is 5.52. The minimum Gasteiger partial charge on any atom is -0.481 e. The van der Waals surface area contributed by atoms with E-state index >= 15 is 0 Å². The van der Waals surface area contributed by atoms with Gasteiger partial charge in [-0.1, -0.05) is 53.7 Å². The zero-order valence-corrected chi connectivity index (χ0v) is 14.2. The molecule has 2 nitrogen and oxygen atoms in total. The molecule has 0 aliphatic heterocycles. The van der Waals surface area contributed by atoms with Crippen molar-refractivity contribution < 1.29 is 4.74 Å². The molecule has 1 aromatic rings. The Labute approximate surface area is 124 Å². The van der Waals surface area contributed by atoms with Crippen molar-refractivity contribution in [2.24, 2.45) is 4.99 Å². The maximum Gasteiger partial charge on any atom is 0.216 e. The molecule has 0 heterocycles. The lowest BCUT2D eigenvalue weighted by atomic mass is 9.84. The first kappa shape index (κ1) is 16.7. The van der Waals surface area contributed by atoms with Crippen LogP contribution in [0.4, 0.5) is 0 Å². The molecule has 0 saturated carbocycles. The smallest absolute Gasteiger partial charge is 0.216 e. The van der Waals surface area contributed by atoms with E-state index in [0.717, 1.165) is 5.90 Å². The second-order valence-electron chi connectivity index (χ2n) is 6.27. The number of hydrogen-bond donors (Lipinski definition) is 0. The first-order valence-corrected chi connectivity index (χ1v) is 7.52. The van der Waals surface area contributed by atoms with Crippen LogP contribution in [-0.2, 0) is 4.74 Å². The normalized spacial score (nSPS) is 12.7. The summed E-state index contributed by atoms with van der Waals surface area (Å²) in [6.07, 6.45) is 0. The Bertz CT molecular complexity index is 455. The van der Waals surface area contributed by atoms with E-state index in [1.54, 1.807) is 14.2 Å². The number of ether oxygens (including phenoxy) is 1. The number of hydrogen-bond acceptors (Lipinski definition) is 2. The summed E-state index contributed by atoms with van der Waals surface area (Å²) < 4.78 is 5.52. The summed E-state index contributed by atoms with van der Waals surface area (Å²) >= 11 is 0. The van der Waals surface area contributed by atoms with Crippen molar-refractivity contribution in [3.05, 3.63) is 34.4 Å². The van der Waals surface area contributed by atoms with Crippen LogP contribution in [-0.4, -0.2) is 20.1 Å². The lowest BCUT2D eigenvalue weighted by Gasteiger charge is -2.23. The van der Waals surface area contributed by atoms with Crippen molar-refractivity contribution in [3.8, 4) is 0 Å². The number of aliphatic imine (C=N–C) groups is 1. The highest BCUT2D eigenvalue weighted by Crippen LogP contribution is 2.32. The molecule has 0 aliphatic carbocycles. The minimum atomic E-state index is 0.452. The summed E-state index contributed by atoms with van der Waals surface area (Å²) in [5, 5.41) is 0. The molecular weight excluding hydrogens is 246 g/mol. The molecule has 0 aromatic heterocycles. The van der Waals surface area contributed by atoms with E-state index in [1.807, 2.05) is 0 Å². The van der Waals surface area contributed by atoms with Gasteiger partial charge in [0, 0.05) is 12.6 Å². The molecule has 0 amide bonds. The van der Waals surface area contributed by atoms with Crippen LogP contribution < -0.4 is 0 Å². The Balaban J connectivity index is 3.68. The molecule has 0 N–H and O–H groups in total. The summed E-state index contributed by atoms with van der Waals surface area (Å²) in [5.41, 5.74) is 5.25. The highest BCUT2D eigenvalue weighted by Gasteiger charge is 2.21. The molecule has 1 rings (SSSR count). The Morgan fingerprint density at radius 2 is 1.35 bits per heavy atom. The van der Waals surface area contributed by atoms with Gasteiger partial charge in [0.2, 0.25) is 5.90 Å². The van der Waals surface area contributed by atoms with E-state index in [1.165, 1.54) is 22.3 Å². The molecular formula is C18H29NO. The molecule has 0 radical (unpaired) electrons. The zero-order valence-electron chi connectivity index (χ0n) is 14.2. The van der Waals surface area contributed by atoms with Crippen LogP contribution >= 0.6 is 0 Å². The molecule has 20 heavy (non-hydrogen) atoms. The van der Waals surface area contributed by atoms with Crippen molar-refractivity contribution >= 4 is 5.90 Å². The van der Waals surface area contributed by atoms with Gasteiger partial charge in [-0.05, 0) is 34.4 Å². The molecule has 0 aliphatic rings. The van der Waals surface area contributed by atoms with Gasteiger partial charge in [-0.3, -0.25) is 4.99 Å². The van der Waals surface area contributed by atoms with E-state index in [0.29, 0.717) is 17.8 Å². The van der Waals surface area contributed by atoms with Gasteiger partial charge in [-0.2, -0.15) is 0 Å². The molecule has 0 spiro atoms. The third-order valence-electron chi connectivity index (χ3n) is 3.74. The van der Waals surface area contributed by atoms with Crippen molar-refractivity contribution in [2.45, 2.75) is 59.3 Å². The summed E-state index contributed by atoms with van der Waals surface area (Å²) in [6.45, 7) is 13.4. The molecule has 0 unspecified atom stereocenters. The van der Waals surface area contributed by atoms with Gasteiger partial charge in [-0.25, -0.2) is 0 Å². The van der Waals surface area contributed by atoms with Gasteiger partial charge < -0.3 is 4.74 Å². The molecule has 0 saturated heterocycles. The summed E-state index contributed by atoms with van der Waals surface area (Å²) in [7, 11) is 3.50. The first-order chi connectivity index (χ1) is 9.33. The fourth-order valence-corrected chi connectivity index (χ4v) is 2.51. The fourth-order valence-electron chi connectivity index (χ4n) is 2.51. The van der Waals surface area contributed by atoms with Crippen molar-refractivity contribution in [1.29, 1.82) is 0 Å². The second kappa shape index (κ2) is 6.92.